The van der Waals surface area contributed by atoms with Crippen molar-refractivity contribution in [2.45, 2.75) is 183 Å². The Kier molecular flexibility index (Phi) is 18.4. The van der Waals surface area contributed by atoms with Gasteiger partial charge in [-0.05, 0) is 130 Å². The van der Waals surface area contributed by atoms with Gasteiger partial charge in [0.1, 0.15) is 0 Å². The largest absolute Gasteiger partial charge is 0.349 e. The lowest BCUT2D eigenvalue weighted by atomic mass is 10.0. The summed E-state index contributed by atoms with van der Waals surface area (Å²) >= 11 is 0. The van der Waals surface area contributed by atoms with E-state index in [1.54, 1.807) is 84.9 Å². The van der Waals surface area contributed by atoms with Crippen molar-refractivity contribution in [1.82, 2.24) is 50.8 Å². The van der Waals surface area contributed by atoms with E-state index < -0.39 is 93.6 Å². The molecular formula is C58H78N10O8. The number of rotatable bonds is 4. The van der Waals surface area contributed by atoms with E-state index in [4.69, 9.17) is 9.97 Å². The molecular weight excluding hydrogens is 965 g/mol. The monoisotopic (exact) mass is 1040 g/mol. The fraction of sp³-hybridized carbons (Fsp3) is 0.483. The van der Waals surface area contributed by atoms with Crippen LogP contribution in [0.5, 0.6) is 0 Å². The minimum atomic E-state index is -1.31. The van der Waals surface area contributed by atoms with Crippen LogP contribution in [0.1, 0.15) is 180 Å². The second-order valence-corrected chi connectivity index (χ2v) is 23.8. The van der Waals surface area contributed by atoms with Crippen molar-refractivity contribution >= 4 is 47.3 Å². The zero-order valence-electron chi connectivity index (χ0n) is 47.2. The Morgan fingerprint density at radius 1 is 0.342 bits per heavy atom. The van der Waals surface area contributed by atoms with Crippen LogP contribution >= 0.6 is 0 Å². The van der Waals surface area contributed by atoms with Crippen LogP contribution in [0.2, 0.25) is 0 Å². The molecule has 2 aromatic carbocycles. The molecule has 0 saturated heterocycles. The smallest absolute Gasteiger partial charge is 0.249 e. The molecule has 4 aliphatic heterocycles. The van der Waals surface area contributed by atoms with Crippen LogP contribution in [0.3, 0.4) is 0 Å². The molecule has 0 saturated carbocycles. The minimum Gasteiger partial charge on any atom is -0.349 e. The molecule has 18 nitrogen and oxygen atoms in total. The number of amides is 8. The molecule has 4 N–H and O–H groups in total. The van der Waals surface area contributed by atoms with Crippen LogP contribution in [0.15, 0.2) is 84.9 Å². The Bertz CT molecular complexity index is 2430. The molecule has 18 heteroatoms. The van der Waals surface area contributed by atoms with Crippen molar-refractivity contribution in [1.29, 1.82) is 0 Å². The Hall–Kier alpha value is -7.50. The molecule has 4 aliphatic rings. The van der Waals surface area contributed by atoms with E-state index in [0.717, 1.165) is 0 Å². The second-order valence-electron chi connectivity index (χ2n) is 23.8. The molecule has 0 spiro atoms. The van der Waals surface area contributed by atoms with Crippen molar-refractivity contribution in [2.75, 3.05) is 0 Å². The van der Waals surface area contributed by atoms with Gasteiger partial charge in [-0.1, -0.05) is 60.7 Å². The summed E-state index contributed by atoms with van der Waals surface area (Å²) in [4.78, 5) is 129. The zero-order valence-corrected chi connectivity index (χ0v) is 47.2. The molecule has 2 aromatic heterocycles. The van der Waals surface area contributed by atoms with E-state index in [9.17, 15) is 38.4 Å². The molecule has 4 unspecified atom stereocenters. The van der Waals surface area contributed by atoms with Gasteiger partial charge in [0.2, 0.25) is 47.3 Å². The van der Waals surface area contributed by atoms with Crippen LogP contribution < -0.4 is 21.3 Å². The lowest BCUT2D eigenvalue weighted by Crippen LogP contribution is -2.50. The van der Waals surface area contributed by atoms with Gasteiger partial charge < -0.3 is 40.9 Å². The molecule has 4 aromatic rings. The highest BCUT2D eigenvalue weighted by atomic mass is 16.2. The summed E-state index contributed by atoms with van der Waals surface area (Å²) in [6.07, 6.45) is 0. The van der Waals surface area contributed by atoms with Gasteiger partial charge >= 0.3 is 0 Å². The first-order chi connectivity index (χ1) is 35.1. The second kappa shape index (κ2) is 23.6. The van der Waals surface area contributed by atoms with E-state index in [-0.39, 0.29) is 49.0 Å². The lowest BCUT2D eigenvalue weighted by molar-refractivity contribution is -0.141. The van der Waals surface area contributed by atoms with Crippen molar-refractivity contribution in [3.05, 3.63) is 130 Å². The summed E-state index contributed by atoms with van der Waals surface area (Å²) in [5, 5.41) is 12.1. The number of hydrogen-bond donors (Lipinski definition) is 4. The predicted octanol–water partition coefficient (Wildman–Crippen LogP) is 6.81. The lowest BCUT2D eigenvalue weighted by Gasteiger charge is -2.35. The number of nitrogens with one attached hydrogen (secondary N) is 4. The Labute approximate surface area is 448 Å². The average Bonchev–Trinajstić information content (AvgIpc) is 3.26. The van der Waals surface area contributed by atoms with Gasteiger partial charge in [-0.25, -0.2) is 0 Å². The van der Waals surface area contributed by atoms with Crippen molar-refractivity contribution in [3.63, 3.8) is 0 Å². The Morgan fingerprint density at radius 3 is 0.658 bits per heavy atom. The SMILES string of the molecule is CC(=O)N1Cc2ccc(cc2)CN(C(C)=O)C(C(=O)NC(C)(C)C)c2cccc(n2)C(C(=O)NC(C)(C)C)N(C(C)=O)Cc2ccc(cc2)CN(C(C)=O)C(C(=O)NC(C)(C)C)c2cccc(n2)C1C(=O)NC(C)(C)C. The van der Waals surface area contributed by atoms with Gasteiger partial charge in [0.05, 0.1) is 22.8 Å². The summed E-state index contributed by atoms with van der Waals surface area (Å²) in [7, 11) is 0. The van der Waals surface area contributed by atoms with Crippen molar-refractivity contribution in [2.24, 2.45) is 0 Å². The Morgan fingerprint density at radius 2 is 0.513 bits per heavy atom. The van der Waals surface area contributed by atoms with Crippen LogP contribution in [0, 0.1) is 0 Å². The zero-order chi connectivity index (χ0) is 56.8. The fourth-order valence-corrected chi connectivity index (χ4v) is 8.87. The van der Waals surface area contributed by atoms with Crippen molar-refractivity contribution in [3.8, 4) is 0 Å². The van der Waals surface area contributed by atoms with Crippen LogP contribution in [-0.2, 0) is 64.5 Å². The van der Waals surface area contributed by atoms with E-state index >= 15 is 0 Å². The topological polar surface area (TPSA) is 223 Å². The highest BCUT2D eigenvalue weighted by molar-refractivity contribution is 5.91. The van der Waals surface area contributed by atoms with Gasteiger partial charge in [-0.3, -0.25) is 48.3 Å². The number of pyridine rings is 2. The first-order valence-corrected chi connectivity index (χ1v) is 25.6. The molecule has 4 atom stereocenters. The molecule has 8 bridgehead atoms. The van der Waals surface area contributed by atoms with Crippen LogP contribution in [0.4, 0.5) is 0 Å². The first kappa shape index (κ1) is 59.4. The Balaban J connectivity index is 1.81. The molecule has 6 heterocycles. The molecule has 8 amide bonds. The molecule has 0 fully saturated rings. The number of carbonyl (C=O) groups is 8. The third-order valence-corrected chi connectivity index (χ3v) is 12.0. The van der Waals surface area contributed by atoms with Gasteiger partial charge in [0.25, 0.3) is 0 Å². The summed E-state index contributed by atoms with van der Waals surface area (Å²) < 4.78 is 0. The first-order valence-electron chi connectivity index (χ1n) is 25.6. The maximum Gasteiger partial charge on any atom is 0.249 e. The van der Waals surface area contributed by atoms with Gasteiger partial charge in [-0.2, -0.15) is 0 Å². The normalized spacial score (nSPS) is 18.1. The standard InChI is InChI=1S/C58H78N10O8/c1-35(69)65-31-39-23-25-40(26-24-39)32-67(37(3)71)49(53(75)63-57(11,12)13)45-21-18-22-46(60-45)50(54(76)64-58(14,15)16)68(38(4)72)34-42-29-27-41(28-30-42)33-66(36(2)70)48(52(74)62-56(8,9)10)44-20-17-19-43(59-44)47(65)51(73)61-55(5,6)7/h17-30,47-50H,31-34H2,1-16H3,(H,61,73)(H,62,74)(H,63,75)(H,64,76). The molecule has 408 valence electrons. The predicted molar refractivity (Wildman–Crippen MR) is 289 cm³/mol. The molecule has 0 radical (unpaired) electrons. The molecule has 76 heavy (non-hydrogen) atoms. The van der Waals surface area contributed by atoms with E-state index in [1.807, 2.05) is 83.1 Å². The van der Waals surface area contributed by atoms with Crippen molar-refractivity contribution < 1.29 is 38.4 Å². The third-order valence-electron chi connectivity index (χ3n) is 12.0. The average molecular weight is 1040 g/mol. The maximum atomic E-state index is 14.6. The van der Waals surface area contributed by atoms with Gasteiger partial charge in [0, 0.05) is 76.0 Å². The van der Waals surface area contributed by atoms with E-state index in [2.05, 4.69) is 21.3 Å². The number of aromatic nitrogens is 2. The quantitative estimate of drug-likeness (QED) is 0.167. The van der Waals surface area contributed by atoms with E-state index in [0.29, 0.717) is 22.3 Å². The number of benzene rings is 2. The van der Waals surface area contributed by atoms with E-state index in [1.165, 1.54) is 47.3 Å². The molecule has 8 rings (SSSR count). The summed E-state index contributed by atoms with van der Waals surface area (Å²) in [5.74, 6) is -3.95. The number of carbonyl (C=O) groups excluding carboxylic acids is 8. The number of nitrogens with zero attached hydrogens (tertiary/aromatic N) is 6. The highest BCUT2D eigenvalue weighted by Crippen LogP contribution is 2.32. The summed E-state index contributed by atoms with van der Waals surface area (Å²) in [6, 6.07) is 18.5. The summed E-state index contributed by atoms with van der Waals surface area (Å²) in [6.45, 7) is 26.9. The third kappa shape index (κ3) is 16.3. The van der Waals surface area contributed by atoms with Gasteiger partial charge in [-0.15, -0.1) is 0 Å². The highest BCUT2D eigenvalue weighted by Gasteiger charge is 2.39. The molecule has 0 aliphatic carbocycles. The van der Waals surface area contributed by atoms with Crippen LogP contribution in [0.25, 0.3) is 0 Å². The van der Waals surface area contributed by atoms with Crippen LogP contribution in [-0.4, -0.2) is 99.0 Å². The summed E-state index contributed by atoms with van der Waals surface area (Å²) in [5.41, 5.74) is 0.0898. The minimum absolute atomic E-state index is 0.0712. The fourth-order valence-electron chi connectivity index (χ4n) is 8.87. The maximum absolute atomic E-state index is 14.6. The van der Waals surface area contributed by atoms with Gasteiger partial charge in [0.15, 0.2) is 24.2 Å². The number of hydrogen-bond acceptors (Lipinski definition) is 10.